The molecule has 2 unspecified atom stereocenters. The summed E-state index contributed by atoms with van der Waals surface area (Å²) in [6.45, 7) is 2.50. The van der Waals surface area contributed by atoms with Crippen LogP contribution in [-0.2, 0) is 5.41 Å². The number of nitrogens with two attached hydrogens (primary N) is 1. The van der Waals surface area contributed by atoms with Gasteiger partial charge in [-0.1, -0.05) is 28.1 Å². The molecule has 88 valence electrons. The van der Waals surface area contributed by atoms with E-state index in [9.17, 15) is 5.11 Å². The van der Waals surface area contributed by atoms with Crippen LogP contribution in [0.4, 0.5) is 0 Å². The van der Waals surface area contributed by atoms with E-state index >= 15 is 0 Å². The lowest BCUT2D eigenvalue weighted by Crippen LogP contribution is -2.35. The highest BCUT2D eigenvalue weighted by Gasteiger charge is 2.44. The summed E-state index contributed by atoms with van der Waals surface area (Å²) in [4.78, 5) is 0. The molecule has 1 aromatic carbocycles. The first-order chi connectivity index (χ1) is 7.47. The van der Waals surface area contributed by atoms with E-state index in [4.69, 9.17) is 5.73 Å². The maximum Gasteiger partial charge on any atom is 0.0629 e. The van der Waals surface area contributed by atoms with Gasteiger partial charge in [0.05, 0.1) is 5.60 Å². The smallest absolute Gasteiger partial charge is 0.0629 e. The molecule has 1 aromatic rings. The van der Waals surface area contributed by atoms with Gasteiger partial charge in [0.15, 0.2) is 0 Å². The third kappa shape index (κ3) is 2.17. The monoisotopic (exact) mass is 283 g/mol. The lowest BCUT2D eigenvalue weighted by Gasteiger charge is -2.29. The highest BCUT2D eigenvalue weighted by atomic mass is 79.9. The van der Waals surface area contributed by atoms with E-state index in [-0.39, 0.29) is 5.41 Å². The first kappa shape index (κ1) is 12.1. The normalized spacial score (nSPS) is 34.2. The van der Waals surface area contributed by atoms with E-state index in [1.165, 1.54) is 5.56 Å². The Labute approximate surface area is 105 Å². The van der Waals surface area contributed by atoms with Gasteiger partial charge in [-0.2, -0.15) is 0 Å². The average molecular weight is 284 g/mol. The van der Waals surface area contributed by atoms with Crippen LogP contribution >= 0.6 is 15.9 Å². The van der Waals surface area contributed by atoms with Crippen molar-refractivity contribution in [1.29, 1.82) is 0 Å². The first-order valence-electron chi connectivity index (χ1n) is 5.66. The Morgan fingerprint density at radius 3 is 2.69 bits per heavy atom. The molecule has 2 nitrogen and oxygen atoms in total. The molecule has 0 radical (unpaired) electrons. The van der Waals surface area contributed by atoms with Crippen molar-refractivity contribution in [3.63, 3.8) is 0 Å². The van der Waals surface area contributed by atoms with Gasteiger partial charge in [0.2, 0.25) is 0 Å². The molecule has 0 heterocycles. The molecule has 2 rings (SSSR count). The van der Waals surface area contributed by atoms with Crippen LogP contribution in [0.1, 0.15) is 31.7 Å². The third-order valence-electron chi connectivity index (χ3n) is 3.69. The van der Waals surface area contributed by atoms with Crippen molar-refractivity contribution in [2.24, 2.45) is 5.73 Å². The summed E-state index contributed by atoms with van der Waals surface area (Å²) < 4.78 is 1.07. The second-order valence-corrected chi connectivity index (χ2v) is 6.08. The molecule has 0 aromatic heterocycles. The molecule has 1 fully saturated rings. The predicted molar refractivity (Wildman–Crippen MR) is 69.3 cm³/mol. The van der Waals surface area contributed by atoms with E-state index in [1.807, 2.05) is 19.1 Å². The van der Waals surface area contributed by atoms with Gasteiger partial charge >= 0.3 is 0 Å². The highest BCUT2D eigenvalue weighted by Crippen LogP contribution is 2.45. The van der Waals surface area contributed by atoms with Crippen LogP contribution in [0.3, 0.4) is 0 Å². The van der Waals surface area contributed by atoms with Crippen LogP contribution < -0.4 is 5.73 Å². The topological polar surface area (TPSA) is 46.2 Å². The van der Waals surface area contributed by atoms with Crippen molar-refractivity contribution >= 4 is 15.9 Å². The van der Waals surface area contributed by atoms with Crippen molar-refractivity contribution in [3.8, 4) is 0 Å². The molecule has 1 saturated carbocycles. The number of hydrogen-bond acceptors (Lipinski definition) is 2. The molecule has 0 spiro atoms. The highest BCUT2D eigenvalue weighted by molar-refractivity contribution is 9.10. The van der Waals surface area contributed by atoms with Crippen LogP contribution in [0.2, 0.25) is 0 Å². The number of rotatable bonds is 2. The van der Waals surface area contributed by atoms with Gasteiger partial charge < -0.3 is 10.8 Å². The Balaban J connectivity index is 2.36. The molecule has 3 N–H and O–H groups in total. The third-order valence-corrected chi connectivity index (χ3v) is 4.18. The molecule has 16 heavy (non-hydrogen) atoms. The van der Waals surface area contributed by atoms with E-state index in [0.29, 0.717) is 6.54 Å². The molecule has 1 aliphatic carbocycles. The summed E-state index contributed by atoms with van der Waals surface area (Å²) in [5.41, 5.74) is 6.57. The fourth-order valence-corrected chi connectivity index (χ4v) is 3.17. The van der Waals surface area contributed by atoms with Gasteiger partial charge in [0, 0.05) is 16.4 Å². The number of aliphatic hydroxyl groups is 1. The summed E-state index contributed by atoms with van der Waals surface area (Å²) in [5.74, 6) is 0. The summed E-state index contributed by atoms with van der Waals surface area (Å²) >= 11 is 3.49. The van der Waals surface area contributed by atoms with Gasteiger partial charge in [-0.05, 0) is 43.9 Å². The summed E-state index contributed by atoms with van der Waals surface area (Å²) in [5, 5.41) is 10.1. The molecule has 1 aliphatic rings. The van der Waals surface area contributed by atoms with Gasteiger partial charge in [0.25, 0.3) is 0 Å². The Hall–Kier alpha value is -0.380. The number of hydrogen-bond donors (Lipinski definition) is 2. The van der Waals surface area contributed by atoms with Crippen LogP contribution in [0, 0.1) is 0 Å². The van der Waals surface area contributed by atoms with E-state index in [2.05, 4.69) is 28.1 Å². The van der Waals surface area contributed by atoms with Crippen LogP contribution in [-0.4, -0.2) is 17.3 Å². The number of halogens is 1. The van der Waals surface area contributed by atoms with Crippen LogP contribution in [0.5, 0.6) is 0 Å². The average Bonchev–Trinajstić information content (AvgIpc) is 2.56. The van der Waals surface area contributed by atoms with E-state index < -0.39 is 5.60 Å². The van der Waals surface area contributed by atoms with E-state index in [1.54, 1.807) is 0 Å². The molecular weight excluding hydrogens is 266 g/mol. The summed E-state index contributed by atoms with van der Waals surface area (Å²) in [6, 6.07) is 8.28. The second-order valence-electron chi connectivity index (χ2n) is 5.17. The van der Waals surface area contributed by atoms with Crippen molar-refractivity contribution in [2.45, 2.75) is 37.2 Å². The van der Waals surface area contributed by atoms with Gasteiger partial charge in [-0.15, -0.1) is 0 Å². The zero-order valence-electron chi connectivity index (χ0n) is 9.54. The molecule has 3 heteroatoms. The minimum absolute atomic E-state index is 0.0483. The van der Waals surface area contributed by atoms with Crippen LogP contribution in [0.15, 0.2) is 28.7 Å². The summed E-state index contributed by atoms with van der Waals surface area (Å²) in [7, 11) is 0. The molecule has 0 amide bonds. The maximum absolute atomic E-state index is 10.1. The number of benzene rings is 1. The second kappa shape index (κ2) is 4.13. The quantitative estimate of drug-likeness (QED) is 0.876. The SMILES string of the molecule is CC1(O)CCC(CN)(c2cccc(Br)c2)C1. The van der Waals surface area contributed by atoms with Crippen molar-refractivity contribution < 1.29 is 5.11 Å². The Kier molecular flexibility index (Phi) is 3.12. The molecule has 2 atom stereocenters. The zero-order chi connectivity index (χ0) is 11.8. The van der Waals surface area contributed by atoms with Gasteiger partial charge in [-0.3, -0.25) is 0 Å². The molecule has 0 bridgehead atoms. The van der Waals surface area contributed by atoms with Gasteiger partial charge in [-0.25, -0.2) is 0 Å². The molecule has 0 aliphatic heterocycles. The minimum atomic E-state index is -0.568. The maximum atomic E-state index is 10.1. The van der Waals surface area contributed by atoms with Gasteiger partial charge in [0.1, 0.15) is 0 Å². The van der Waals surface area contributed by atoms with Crippen molar-refractivity contribution in [2.75, 3.05) is 6.54 Å². The van der Waals surface area contributed by atoms with E-state index in [0.717, 1.165) is 23.7 Å². The van der Waals surface area contributed by atoms with Crippen LogP contribution in [0.25, 0.3) is 0 Å². The lowest BCUT2D eigenvalue weighted by molar-refractivity contribution is 0.0612. The minimum Gasteiger partial charge on any atom is -0.390 e. The van der Waals surface area contributed by atoms with Crippen molar-refractivity contribution in [1.82, 2.24) is 0 Å². The van der Waals surface area contributed by atoms with Crippen molar-refractivity contribution in [3.05, 3.63) is 34.3 Å². The molecule has 0 saturated heterocycles. The standard InChI is InChI=1S/C13H18BrNO/c1-12(16)5-6-13(8-12,9-15)10-3-2-4-11(14)7-10/h2-4,7,16H,5-6,8-9,15H2,1H3. The fraction of sp³-hybridized carbons (Fsp3) is 0.538. The molecular formula is C13H18BrNO. The fourth-order valence-electron chi connectivity index (χ4n) is 2.77. The Morgan fingerprint density at radius 1 is 1.44 bits per heavy atom. The largest absolute Gasteiger partial charge is 0.390 e. The Bertz CT molecular complexity index is 391. The lowest BCUT2D eigenvalue weighted by atomic mass is 9.78. The Morgan fingerprint density at radius 2 is 2.19 bits per heavy atom. The zero-order valence-corrected chi connectivity index (χ0v) is 11.1. The predicted octanol–water partition coefficient (Wildman–Crippen LogP) is 2.58. The first-order valence-corrected chi connectivity index (χ1v) is 6.45. The summed E-state index contributed by atoms with van der Waals surface area (Å²) in [6.07, 6.45) is 2.55.